The van der Waals surface area contributed by atoms with Gasteiger partial charge in [-0.05, 0) is 25.5 Å². The average molecular weight is 260 g/mol. The summed E-state index contributed by atoms with van der Waals surface area (Å²) in [7, 11) is 1.87. The summed E-state index contributed by atoms with van der Waals surface area (Å²) in [4.78, 5) is 11.8. The van der Waals surface area contributed by atoms with Gasteiger partial charge in [0, 0.05) is 44.2 Å². The largest absolute Gasteiger partial charge is 0.354 e. The van der Waals surface area contributed by atoms with Crippen molar-refractivity contribution in [3.8, 4) is 0 Å². The first-order valence-electron chi connectivity index (χ1n) is 6.54. The van der Waals surface area contributed by atoms with E-state index < -0.39 is 0 Å². The first-order valence-corrected chi connectivity index (χ1v) is 6.54. The van der Waals surface area contributed by atoms with E-state index in [1.807, 2.05) is 44.7 Å². The van der Waals surface area contributed by atoms with E-state index in [1.165, 1.54) is 0 Å². The molecular weight excluding hydrogens is 240 g/mol. The van der Waals surface area contributed by atoms with Crippen LogP contribution in [-0.4, -0.2) is 20.3 Å². The van der Waals surface area contributed by atoms with E-state index >= 15 is 0 Å². The van der Waals surface area contributed by atoms with Crippen molar-refractivity contribution in [2.75, 3.05) is 0 Å². The Morgan fingerprint density at radius 2 is 2.16 bits per heavy atom. The molecule has 0 aliphatic rings. The number of aryl methyl sites for hydroxylation is 2. The summed E-state index contributed by atoms with van der Waals surface area (Å²) in [6.45, 7) is 2.85. The van der Waals surface area contributed by atoms with Crippen LogP contribution in [0.4, 0.5) is 0 Å². The lowest BCUT2D eigenvalue weighted by atomic mass is 10.2. The molecule has 0 radical (unpaired) electrons. The molecule has 0 fully saturated rings. The fourth-order valence-electron chi connectivity index (χ4n) is 2.00. The van der Waals surface area contributed by atoms with Gasteiger partial charge >= 0.3 is 0 Å². The van der Waals surface area contributed by atoms with E-state index in [-0.39, 0.29) is 11.9 Å². The van der Waals surface area contributed by atoms with Crippen LogP contribution in [0.15, 0.2) is 36.9 Å². The van der Waals surface area contributed by atoms with E-state index in [9.17, 15) is 4.79 Å². The molecule has 0 bridgehead atoms. The van der Waals surface area contributed by atoms with Crippen LogP contribution in [0.25, 0.3) is 0 Å². The van der Waals surface area contributed by atoms with Gasteiger partial charge in [-0.2, -0.15) is 5.10 Å². The van der Waals surface area contributed by atoms with Crippen LogP contribution in [0.2, 0.25) is 0 Å². The van der Waals surface area contributed by atoms with Gasteiger partial charge in [-0.15, -0.1) is 0 Å². The van der Waals surface area contributed by atoms with Crippen molar-refractivity contribution >= 4 is 5.91 Å². The van der Waals surface area contributed by atoms with E-state index in [2.05, 4.69) is 15.0 Å². The lowest BCUT2D eigenvalue weighted by Crippen LogP contribution is -2.26. The quantitative estimate of drug-likeness (QED) is 0.862. The van der Waals surface area contributed by atoms with E-state index in [0.29, 0.717) is 6.42 Å². The lowest BCUT2D eigenvalue weighted by molar-refractivity contribution is -0.121. The number of carbonyl (C=O) groups excluding carboxylic acids is 1. The summed E-state index contributed by atoms with van der Waals surface area (Å²) in [5, 5.41) is 7.09. The highest BCUT2D eigenvalue weighted by atomic mass is 16.1. The minimum atomic E-state index is 0.00720. The SMILES string of the molecule is C[C@@H](NC(=O)CCCn1cccc1)c1cnn(C)c1. The van der Waals surface area contributed by atoms with Crippen LogP contribution in [0.3, 0.4) is 0 Å². The second-order valence-corrected chi connectivity index (χ2v) is 4.76. The summed E-state index contributed by atoms with van der Waals surface area (Å²) in [5.41, 5.74) is 1.03. The minimum Gasteiger partial charge on any atom is -0.354 e. The molecular formula is C14H20N4O. The number of carbonyl (C=O) groups is 1. The van der Waals surface area contributed by atoms with Gasteiger partial charge in [0.25, 0.3) is 0 Å². The highest BCUT2D eigenvalue weighted by molar-refractivity contribution is 5.76. The molecule has 0 aliphatic carbocycles. The topological polar surface area (TPSA) is 51.9 Å². The van der Waals surface area contributed by atoms with E-state index in [1.54, 1.807) is 10.9 Å². The molecule has 0 spiro atoms. The first-order chi connectivity index (χ1) is 9.15. The molecule has 1 amide bonds. The van der Waals surface area contributed by atoms with Crippen molar-refractivity contribution in [3.63, 3.8) is 0 Å². The monoisotopic (exact) mass is 260 g/mol. The Kier molecular flexibility index (Phi) is 4.39. The Morgan fingerprint density at radius 3 is 2.79 bits per heavy atom. The second-order valence-electron chi connectivity index (χ2n) is 4.76. The molecule has 0 saturated carbocycles. The molecule has 0 unspecified atom stereocenters. The van der Waals surface area contributed by atoms with Crippen molar-refractivity contribution in [2.45, 2.75) is 32.4 Å². The normalized spacial score (nSPS) is 12.3. The van der Waals surface area contributed by atoms with Gasteiger partial charge in [0.05, 0.1) is 12.2 Å². The average Bonchev–Trinajstić information content (AvgIpc) is 3.00. The minimum absolute atomic E-state index is 0.00720. The molecule has 1 N–H and O–H groups in total. The number of nitrogens with zero attached hydrogens (tertiary/aromatic N) is 3. The summed E-state index contributed by atoms with van der Waals surface area (Å²) in [5.74, 6) is 0.0866. The summed E-state index contributed by atoms with van der Waals surface area (Å²) < 4.78 is 3.82. The first kappa shape index (κ1) is 13.4. The van der Waals surface area contributed by atoms with Gasteiger partial charge in [0.15, 0.2) is 0 Å². The fraction of sp³-hybridized carbons (Fsp3) is 0.429. The van der Waals surface area contributed by atoms with Gasteiger partial charge in [-0.3, -0.25) is 9.48 Å². The Bertz CT molecular complexity index is 515. The standard InChI is InChI=1S/C14H20N4O/c1-12(13-10-15-17(2)11-13)16-14(19)6-5-9-18-7-3-4-8-18/h3-4,7-8,10-12H,5-6,9H2,1-2H3,(H,16,19)/t12-/m1/s1. The third-order valence-electron chi connectivity index (χ3n) is 3.09. The number of amides is 1. The van der Waals surface area contributed by atoms with Crippen LogP contribution in [0, 0.1) is 0 Å². The van der Waals surface area contributed by atoms with Gasteiger partial charge < -0.3 is 9.88 Å². The zero-order chi connectivity index (χ0) is 13.7. The number of rotatable bonds is 6. The maximum Gasteiger partial charge on any atom is 0.220 e. The fourth-order valence-corrected chi connectivity index (χ4v) is 2.00. The zero-order valence-electron chi connectivity index (χ0n) is 11.4. The number of hydrogen-bond donors (Lipinski definition) is 1. The van der Waals surface area contributed by atoms with Crippen LogP contribution in [-0.2, 0) is 18.4 Å². The molecule has 102 valence electrons. The van der Waals surface area contributed by atoms with E-state index in [4.69, 9.17) is 0 Å². The molecule has 1 atom stereocenters. The molecule has 2 rings (SSSR count). The van der Waals surface area contributed by atoms with Crippen LogP contribution < -0.4 is 5.32 Å². The van der Waals surface area contributed by atoms with Crippen molar-refractivity contribution in [1.29, 1.82) is 0 Å². The van der Waals surface area contributed by atoms with Crippen molar-refractivity contribution in [2.24, 2.45) is 7.05 Å². The third kappa shape index (κ3) is 3.98. The molecule has 2 heterocycles. The van der Waals surface area contributed by atoms with Crippen molar-refractivity contribution in [3.05, 3.63) is 42.5 Å². The predicted molar refractivity (Wildman–Crippen MR) is 73.4 cm³/mol. The van der Waals surface area contributed by atoms with Gasteiger partial charge in [-0.25, -0.2) is 0 Å². The third-order valence-corrected chi connectivity index (χ3v) is 3.09. The Labute approximate surface area is 113 Å². The molecule has 19 heavy (non-hydrogen) atoms. The highest BCUT2D eigenvalue weighted by Crippen LogP contribution is 2.10. The second kappa shape index (κ2) is 6.22. The Morgan fingerprint density at radius 1 is 1.42 bits per heavy atom. The van der Waals surface area contributed by atoms with Crippen molar-refractivity contribution in [1.82, 2.24) is 19.7 Å². The summed E-state index contributed by atoms with van der Waals surface area (Å²) >= 11 is 0. The Balaban J connectivity index is 1.72. The van der Waals surface area contributed by atoms with Gasteiger partial charge in [-0.1, -0.05) is 0 Å². The van der Waals surface area contributed by atoms with Crippen LogP contribution in [0.1, 0.15) is 31.4 Å². The molecule has 2 aromatic rings. The van der Waals surface area contributed by atoms with Crippen LogP contribution >= 0.6 is 0 Å². The molecule has 0 saturated heterocycles. The maximum absolute atomic E-state index is 11.8. The maximum atomic E-state index is 11.8. The number of nitrogens with one attached hydrogen (secondary N) is 1. The Hall–Kier alpha value is -2.04. The smallest absolute Gasteiger partial charge is 0.220 e. The molecule has 5 nitrogen and oxygen atoms in total. The molecule has 2 aromatic heterocycles. The highest BCUT2D eigenvalue weighted by Gasteiger charge is 2.10. The predicted octanol–water partition coefficient (Wildman–Crippen LogP) is 1.88. The molecule has 0 aliphatic heterocycles. The van der Waals surface area contributed by atoms with Gasteiger partial charge in [0.2, 0.25) is 5.91 Å². The molecule has 0 aromatic carbocycles. The van der Waals surface area contributed by atoms with Crippen molar-refractivity contribution < 1.29 is 4.79 Å². The number of aromatic nitrogens is 3. The summed E-state index contributed by atoms with van der Waals surface area (Å²) in [6.07, 6.45) is 9.12. The number of hydrogen-bond acceptors (Lipinski definition) is 2. The van der Waals surface area contributed by atoms with Crippen LogP contribution in [0.5, 0.6) is 0 Å². The van der Waals surface area contributed by atoms with Gasteiger partial charge in [0.1, 0.15) is 0 Å². The summed E-state index contributed by atoms with van der Waals surface area (Å²) in [6, 6.07) is 3.99. The molecule has 5 heteroatoms. The van der Waals surface area contributed by atoms with E-state index in [0.717, 1.165) is 18.5 Å². The zero-order valence-corrected chi connectivity index (χ0v) is 11.4. The lowest BCUT2D eigenvalue weighted by Gasteiger charge is -2.12.